The molecule has 0 aromatic heterocycles. The predicted molar refractivity (Wildman–Crippen MR) is 67.4 cm³/mol. The summed E-state index contributed by atoms with van der Waals surface area (Å²) >= 11 is 0. The van der Waals surface area contributed by atoms with E-state index in [9.17, 15) is 4.79 Å². The number of carboxylic acids is 1. The molecule has 0 bridgehead atoms. The SMILES string of the molecule is CC(=CC(=O)O)COc1cccc(C(C)C)c1. The van der Waals surface area contributed by atoms with Gasteiger partial charge in [0.25, 0.3) is 0 Å². The maximum Gasteiger partial charge on any atom is 0.328 e. The fourth-order valence-corrected chi connectivity index (χ4v) is 1.41. The second-order valence-electron chi connectivity index (χ2n) is 4.34. The molecule has 0 saturated heterocycles. The van der Waals surface area contributed by atoms with E-state index in [4.69, 9.17) is 9.84 Å². The van der Waals surface area contributed by atoms with Crippen molar-refractivity contribution in [3.63, 3.8) is 0 Å². The van der Waals surface area contributed by atoms with Gasteiger partial charge in [0.05, 0.1) is 0 Å². The molecule has 0 spiro atoms. The van der Waals surface area contributed by atoms with Crippen molar-refractivity contribution < 1.29 is 14.6 Å². The largest absolute Gasteiger partial charge is 0.489 e. The zero-order valence-corrected chi connectivity index (χ0v) is 10.4. The van der Waals surface area contributed by atoms with Crippen LogP contribution in [0.3, 0.4) is 0 Å². The molecule has 1 aromatic carbocycles. The van der Waals surface area contributed by atoms with Gasteiger partial charge in [-0.3, -0.25) is 0 Å². The summed E-state index contributed by atoms with van der Waals surface area (Å²) in [6, 6.07) is 7.86. The second kappa shape index (κ2) is 6.09. The molecule has 0 heterocycles. The molecule has 0 amide bonds. The first kappa shape index (κ1) is 13.3. The number of carboxylic acid groups (broad SMARTS) is 1. The molecule has 0 atom stereocenters. The van der Waals surface area contributed by atoms with Crippen molar-refractivity contribution in [2.24, 2.45) is 0 Å². The maximum atomic E-state index is 10.4. The van der Waals surface area contributed by atoms with Crippen molar-refractivity contribution >= 4 is 5.97 Å². The quantitative estimate of drug-likeness (QED) is 0.796. The first-order valence-electron chi connectivity index (χ1n) is 5.62. The fourth-order valence-electron chi connectivity index (χ4n) is 1.41. The highest BCUT2D eigenvalue weighted by Gasteiger charge is 2.01. The van der Waals surface area contributed by atoms with Crippen LogP contribution in [0.4, 0.5) is 0 Å². The molecule has 1 aromatic rings. The third-order valence-electron chi connectivity index (χ3n) is 2.36. The molecular formula is C14H18O3. The normalized spacial score (nSPS) is 11.6. The first-order chi connectivity index (χ1) is 7.99. The smallest absolute Gasteiger partial charge is 0.328 e. The Morgan fingerprint density at radius 3 is 2.76 bits per heavy atom. The summed E-state index contributed by atoms with van der Waals surface area (Å²) in [7, 11) is 0. The van der Waals surface area contributed by atoms with Gasteiger partial charge in [-0.15, -0.1) is 0 Å². The lowest BCUT2D eigenvalue weighted by atomic mass is 10.0. The molecule has 0 aliphatic carbocycles. The van der Waals surface area contributed by atoms with Crippen molar-refractivity contribution in [2.75, 3.05) is 6.61 Å². The Bertz CT molecular complexity index is 419. The molecule has 0 radical (unpaired) electrons. The molecule has 92 valence electrons. The van der Waals surface area contributed by atoms with Gasteiger partial charge in [-0.05, 0) is 36.1 Å². The van der Waals surface area contributed by atoms with Crippen molar-refractivity contribution in [3.8, 4) is 5.75 Å². The van der Waals surface area contributed by atoms with E-state index in [0.29, 0.717) is 18.1 Å². The molecule has 0 unspecified atom stereocenters. The standard InChI is InChI=1S/C14H18O3/c1-10(2)12-5-4-6-13(8-12)17-9-11(3)7-14(15)16/h4-8,10H,9H2,1-3H3,(H,15,16). The van der Waals surface area contributed by atoms with Gasteiger partial charge < -0.3 is 9.84 Å². The molecule has 0 aliphatic rings. The molecule has 0 saturated carbocycles. The van der Waals surface area contributed by atoms with Gasteiger partial charge >= 0.3 is 5.97 Å². The van der Waals surface area contributed by atoms with E-state index in [1.165, 1.54) is 5.56 Å². The number of aliphatic carboxylic acids is 1. The van der Waals surface area contributed by atoms with Gasteiger partial charge in [-0.25, -0.2) is 4.79 Å². The van der Waals surface area contributed by atoms with E-state index in [1.807, 2.05) is 18.2 Å². The number of benzene rings is 1. The lowest BCUT2D eigenvalue weighted by Crippen LogP contribution is -2.01. The first-order valence-corrected chi connectivity index (χ1v) is 5.62. The van der Waals surface area contributed by atoms with Crippen LogP contribution >= 0.6 is 0 Å². The van der Waals surface area contributed by atoms with E-state index in [2.05, 4.69) is 19.9 Å². The summed E-state index contributed by atoms with van der Waals surface area (Å²) in [5, 5.41) is 8.57. The molecule has 1 rings (SSSR count). The van der Waals surface area contributed by atoms with E-state index >= 15 is 0 Å². The highest BCUT2D eigenvalue weighted by atomic mass is 16.5. The third-order valence-corrected chi connectivity index (χ3v) is 2.36. The number of rotatable bonds is 5. The van der Waals surface area contributed by atoms with Crippen LogP contribution in [-0.4, -0.2) is 17.7 Å². The number of carbonyl (C=O) groups is 1. The summed E-state index contributed by atoms with van der Waals surface area (Å²) in [5.74, 6) is 0.283. The van der Waals surface area contributed by atoms with Crippen LogP contribution in [0.2, 0.25) is 0 Å². The molecule has 17 heavy (non-hydrogen) atoms. The minimum atomic E-state index is -0.943. The number of hydrogen-bond acceptors (Lipinski definition) is 2. The Balaban J connectivity index is 2.63. The van der Waals surface area contributed by atoms with Crippen LogP contribution < -0.4 is 4.74 Å². The fraction of sp³-hybridized carbons (Fsp3) is 0.357. The summed E-state index contributed by atoms with van der Waals surface area (Å²) in [4.78, 5) is 10.4. The highest BCUT2D eigenvalue weighted by Crippen LogP contribution is 2.20. The lowest BCUT2D eigenvalue weighted by Gasteiger charge is -2.09. The zero-order chi connectivity index (χ0) is 12.8. The van der Waals surface area contributed by atoms with Gasteiger partial charge in [0.15, 0.2) is 0 Å². The van der Waals surface area contributed by atoms with Gasteiger partial charge in [0.2, 0.25) is 0 Å². The van der Waals surface area contributed by atoms with Crippen LogP contribution in [0.15, 0.2) is 35.9 Å². The van der Waals surface area contributed by atoms with Gasteiger partial charge in [-0.2, -0.15) is 0 Å². The average Bonchev–Trinajstić information content (AvgIpc) is 2.26. The Kier molecular flexibility index (Phi) is 4.76. The molecule has 0 aliphatic heterocycles. The van der Waals surface area contributed by atoms with Crippen molar-refractivity contribution in [1.82, 2.24) is 0 Å². The Morgan fingerprint density at radius 1 is 1.47 bits per heavy atom. The summed E-state index contributed by atoms with van der Waals surface area (Å²) in [5.41, 5.74) is 1.90. The van der Waals surface area contributed by atoms with Crippen molar-refractivity contribution in [1.29, 1.82) is 0 Å². The highest BCUT2D eigenvalue weighted by molar-refractivity contribution is 5.80. The Labute approximate surface area is 102 Å². The van der Waals surface area contributed by atoms with E-state index < -0.39 is 5.97 Å². The number of ether oxygens (including phenoxy) is 1. The minimum Gasteiger partial charge on any atom is -0.489 e. The second-order valence-corrected chi connectivity index (χ2v) is 4.34. The molecular weight excluding hydrogens is 216 g/mol. The van der Waals surface area contributed by atoms with Crippen LogP contribution in [0, 0.1) is 0 Å². The molecule has 3 heteroatoms. The molecule has 0 fully saturated rings. The van der Waals surface area contributed by atoms with Crippen molar-refractivity contribution in [2.45, 2.75) is 26.7 Å². The van der Waals surface area contributed by atoms with Crippen LogP contribution in [0.5, 0.6) is 5.75 Å². The maximum absolute atomic E-state index is 10.4. The number of hydrogen-bond donors (Lipinski definition) is 1. The van der Waals surface area contributed by atoms with E-state index in [0.717, 1.165) is 11.8 Å². The topological polar surface area (TPSA) is 46.5 Å². The summed E-state index contributed by atoms with van der Waals surface area (Å²) in [6.45, 7) is 6.28. The summed E-state index contributed by atoms with van der Waals surface area (Å²) in [6.07, 6.45) is 1.16. The molecule has 3 nitrogen and oxygen atoms in total. The van der Waals surface area contributed by atoms with Crippen LogP contribution in [-0.2, 0) is 4.79 Å². The van der Waals surface area contributed by atoms with Gasteiger partial charge in [0, 0.05) is 6.08 Å². The van der Waals surface area contributed by atoms with Crippen LogP contribution in [0.25, 0.3) is 0 Å². The lowest BCUT2D eigenvalue weighted by molar-refractivity contribution is -0.131. The minimum absolute atomic E-state index is 0.299. The average molecular weight is 234 g/mol. The molecule has 1 N–H and O–H groups in total. The third kappa shape index (κ3) is 4.72. The zero-order valence-electron chi connectivity index (χ0n) is 10.4. The van der Waals surface area contributed by atoms with Crippen LogP contribution in [0.1, 0.15) is 32.3 Å². The van der Waals surface area contributed by atoms with E-state index in [1.54, 1.807) is 6.92 Å². The van der Waals surface area contributed by atoms with Gasteiger partial charge in [0.1, 0.15) is 12.4 Å². The predicted octanol–water partition coefficient (Wildman–Crippen LogP) is 3.22. The monoisotopic (exact) mass is 234 g/mol. The Hall–Kier alpha value is -1.77. The van der Waals surface area contributed by atoms with Crippen molar-refractivity contribution in [3.05, 3.63) is 41.5 Å². The summed E-state index contributed by atoms with van der Waals surface area (Å²) < 4.78 is 5.53. The van der Waals surface area contributed by atoms with Gasteiger partial charge in [-0.1, -0.05) is 26.0 Å². The van der Waals surface area contributed by atoms with E-state index in [-0.39, 0.29) is 0 Å². The Morgan fingerprint density at radius 2 is 2.18 bits per heavy atom.